The first-order chi connectivity index (χ1) is 8.75. The maximum absolute atomic E-state index is 11.7. The third-order valence-corrected chi connectivity index (χ3v) is 3.24. The van der Waals surface area contributed by atoms with Gasteiger partial charge in [-0.15, -0.1) is 0 Å². The van der Waals surface area contributed by atoms with Crippen molar-refractivity contribution in [2.24, 2.45) is 19.1 Å². The van der Waals surface area contributed by atoms with E-state index in [1.165, 1.54) is 14.1 Å². The lowest BCUT2D eigenvalue weighted by Crippen LogP contribution is -2.38. The van der Waals surface area contributed by atoms with Gasteiger partial charge in [-0.1, -0.05) is 11.8 Å². The number of aliphatic carboxylic acids is 1. The molecule has 3 N–H and O–H groups in total. The lowest BCUT2D eigenvalue weighted by molar-refractivity contribution is -0.133. The number of anilines is 1. The second kappa shape index (κ2) is 5.74. The smallest absolute Gasteiger partial charge is 0.332 e. The predicted octanol–water partition coefficient (Wildman–Crippen LogP) is -0.466. The van der Waals surface area contributed by atoms with Crippen molar-refractivity contribution >= 4 is 34.3 Å². The van der Waals surface area contributed by atoms with E-state index in [0.29, 0.717) is 5.04 Å². The molecular formula is C10H14N4O4S. The van der Waals surface area contributed by atoms with E-state index in [1.807, 2.05) is 0 Å². The summed E-state index contributed by atoms with van der Waals surface area (Å²) in [7, 11) is 2.76. The van der Waals surface area contributed by atoms with Crippen molar-refractivity contribution in [1.29, 1.82) is 0 Å². The Morgan fingerprint density at radius 2 is 1.95 bits per heavy atom. The van der Waals surface area contributed by atoms with E-state index in [0.717, 1.165) is 20.9 Å². The van der Waals surface area contributed by atoms with Crippen LogP contribution in [-0.2, 0) is 18.9 Å². The van der Waals surface area contributed by atoms with Gasteiger partial charge in [0.25, 0.3) is 5.56 Å². The molecule has 19 heavy (non-hydrogen) atoms. The summed E-state index contributed by atoms with van der Waals surface area (Å²) in [6, 6.07) is 0. The fraction of sp³-hybridized carbons (Fsp3) is 0.400. The number of carbonyl (C=O) groups is 1. The van der Waals surface area contributed by atoms with Crippen LogP contribution >= 0.6 is 11.8 Å². The summed E-state index contributed by atoms with van der Waals surface area (Å²) >= 11 is 0.983. The third-order valence-electron chi connectivity index (χ3n) is 2.34. The molecule has 104 valence electrons. The Bertz CT molecular complexity index is 621. The molecule has 0 bridgehead atoms. The molecule has 0 aliphatic rings. The number of aliphatic imine (C=N–C) groups is 1. The summed E-state index contributed by atoms with van der Waals surface area (Å²) in [5.74, 6) is -1.11. The minimum Gasteiger partial charge on any atom is -0.481 e. The SMILES string of the molecule is CC(=Nc1c(N)c(=O)n(C)c(=O)n1C)SCC(=O)O. The van der Waals surface area contributed by atoms with Crippen molar-refractivity contribution in [1.82, 2.24) is 9.13 Å². The van der Waals surface area contributed by atoms with E-state index < -0.39 is 17.2 Å². The third kappa shape index (κ3) is 3.25. The minimum atomic E-state index is -0.981. The summed E-state index contributed by atoms with van der Waals surface area (Å²) in [5, 5.41) is 8.95. The number of carboxylic acid groups (broad SMARTS) is 1. The molecule has 0 saturated carbocycles. The van der Waals surface area contributed by atoms with Gasteiger partial charge in [-0.05, 0) is 6.92 Å². The van der Waals surface area contributed by atoms with Gasteiger partial charge in [-0.3, -0.25) is 18.7 Å². The fourth-order valence-corrected chi connectivity index (χ4v) is 1.83. The first-order valence-corrected chi connectivity index (χ1v) is 6.19. The zero-order valence-corrected chi connectivity index (χ0v) is 11.5. The van der Waals surface area contributed by atoms with E-state index in [1.54, 1.807) is 6.92 Å². The van der Waals surface area contributed by atoms with Crippen LogP contribution in [0.15, 0.2) is 14.6 Å². The monoisotopic (exact) mass is 286 g/mol. The predicted molar refractivity (Wildman–Crippen MR) is 74.2 cm³/mol. The van der Waals surface area contributed by atoms with Gasteiger partial charge in [-0.2, -0.15) is 0 Å². The molecule has 0 aliphatic heterocycles. The topological polar surface area (TPSA) is 120 Å². The van der Waals surface area contributed by atoms with Crippen molar-refractivity contribution in [2.75, 3.05) is 11.5 Å². The first kappa shape index (κ1) is 15.0. The van der Waals surface area contributed by atoms with Crippen LogP contribution < -0.4 is 17.0 Å². The van der Waals surface area contributed by atoms with Crippen LogP contribution in [-0.4, -0.2) is 31.0 Å². The summed E-state index contributed by atoms with van der Waals surface area (Å²) in [6.07, 6.45) is 0. The number of thioether (sulfide) groups is 1. The van der Waals surface area contributed by atoms with Gasteiger partial charge in [0.05, 0.1) is 10.8 Å². The molecule has 0 aliphatic carbocycles. The number of nitrogens with two attached hydrogens (primary N) is 1. The maximum Gasteiger partial charge on any atom is 0.332 e. The highest BCUT2D eigenvalue weighted by Crippen LogP contribution is 2.17. The van der Waals surface area contributed by atoms with E-state index in [-0.39, 0.29) is 17.3 Å². The highest BCUT2D eigenvalue weighted by molar-refractivity contribution is 8.14. The van der Waals surface area contributed by atoms with Gasteiger partial charge < -0.3 is 10.8 Å². The van der Waals surface area contributed by atoms with Gasteiger partial charge in [0.15, 0.2) is 5.82 Å². The van der Waals surface area contributed by atoms with Gasteiger partial charge in [-0.25, -0.2) is 9.79 Å². The Morgan fingerprint density at radius 1 is 1.37 bits per heavy atom. The number of nitrogens with zero attached hydrogens (tertiary/aromatic N) is 3. The van der Waals surface area contributed by atoms with Crippen LogP contribution in [0.25, 0.3) is 0 Å². The maximum atomic E-state index is 11.7. The lowest BCUT2D eigenvalue weighted by atomic mass is 10.4. The fourth-order valence-electron chi connectivity index (χ4n) is 1.34. The average Bonchev–Trinajstić information content (AvgIpc) is 2.36. The molecule has 1 heterocycles. The molecule has 1 rings (SSSR count). The van der Waals surface area contributed by atoms with Gasteiger partial charge >= 0.3 is 11.7 Å². The Hall–Kier alpha value is -2.03. The summed E-state index contributed by atoms with van der Waals surface area (Å²) < 4.78 is 2.02. The highest BCUT2D eigenvalue weighted by atomic mass is 32.2. The second-order valence-electron chi connectivity index (χ2n) is 3.76. The van der Waals surface area contributed by atoms with Crippen molar-refractivity contribution < 1.29 is 9.90 Å². The highest BCUT2D eigenvalue weighted by Gasteiger charge is 2.12. The van der Waals surface area contributed by atoms with Gasteiger partial charge in [0.1, 0.15) is 5.69 Å². The number of aromatic nitrogens is 2. The number of hydrogen-bond acceptors (Lipinski definition) is 6. The largest absolute Gasteiger partial charge is 0.481 e. The van der Waals surface area contributed by atoms with Crippen molar-refractivity contribution in [3.05, 3.63) is 20.8 Å². The van der Waals surface area contributed by atoms with Gasteiger partial charge in [0.2, 0.25) is 0 Å². The number of carboxylic acids is 1. The van der Waals surface area contributed by atoms with Crippen LogP contribution in [0.3, 0.4) is 0 Å². The molecule has 1 aromatic heterocycles. The second-order valence-corrected chi connectivity index (χ2v) is 4.92. The first-order valence-electron chi connectivity index (χ1n) is 5.21. The molecule has 0 aromatic carbocycles. The normalized spacial score (nSPS) is 11.6. The zero-order chi connectivity index (χ0) is 14.7. The molecule has 0 unspecified atom stereocenters. The Morgan fingerprint density at radius 3 is 2.47 bits per heavy atom. The lowest BCUT2D eigenvalue weighted by Gasteiger charge is -2.09. The van der Waals surface area contributed by atoms with Crippen molar-refractivity contribution in [2.45, 2.75) is 6.92 Å². The Balaban J connectivity index is 3.29. The minimum absolute atomic E-state index is 0.0310. The summed E-state index contributed by atoms with van der Waals surface area (Å²) in [5.41, 5.74) is 4.30. The summed E-state index contributed by atoms with van der Waals surface area (Å²) in [6.45, 7) is 1.58. The van der Waals surface area contributed by atoms with Gasteiger partial charge in [0, 0.05) is 14.1 Å². The standard InChI is InChI=1S/C10H14N4O4S/c1-5(19-4-6(15)16)12-8-7(11)9(17)14(3)10(18)13(8)2/h4,11H2,1-3H3,(H,15,16). The van der Waals surface area contributed by atoms with Crippen molar-refractivity contribution in [3.8, 4) is 0 Å². The zero-order valence-electron chi connectivity index (χ0n) is 10.7. The molecular weight excluding hydrogens is 272 g/mol. The Labute approximate surface area is 112 Å². The van der Waals surface area contributed by atoms with E-state index in [9.17, 15) is 14.4 Å². The van der Waals surface area contributed by atoms with Crippen LogP contribution in [0.4, 0.5) is 11.5 Å². The Kier molecular flexibility index (Phi) is 4.54. The van der Waals surface area contributed by atoms with Crippen LogP contribution in [0.1, 0.15) is 6.92 Å². The number of hydrogen-bond donors (Lipinski definition) is 2. The van der Waals surface area contributed by atoms with Crippen molar-refractivity contribution in [3.63, 3.8) is 0 Å². The molecule has 9 heteroatoms. The molecule has 1 aromatic rings. The van der Waals surface area contributed by atoms with Crippen LogP contribution in [0.5, 0.6) is 0 Å². The molecule has 8 nitrogen and oxygen atoms in total. The molecule has 0 saturated heterocycles. The number of nitrogen functional groups attached to an aromatic ring is 1. The molecule has 0 spiro atoms. The number of rotatable bonds is 3. The molecule has 0 atom stereocenters. The molecule has 0 amide bonds. The quantitative estimate of drug-likeness (QED) is 0.573. The van der Waals surface area contributed by atoms with Crippen LogP contribution in [0, 0.1) is 0 Å². The summed E-state index contributed by atoms with van der Waals surface area (Å²) in [4.78, 5) is 37.8. The van der Waals surface area contributed by atoms with Crippen LogP contribution in [0.2, 0.25) is 0 Å². The van der Waals surface area contributed by atoms with E-state index in [4.69, 9.17) is 10.8 Å². The average molecular weight is 286 g/mol. The van der Waals surface area contributed by atoms with E-state index >= 15 is 0 Å². The molecule has 0 radical (unpaired) electrons. The van der Waals surface area contributed by atoms with E-state index in [2.05, 4.69) is 4.99 Å². The molecule has 0 fully saturated rings.